The lowest BCUT2D eigenvalue weighted by Crippen LogP contribution is -2.02. The first-order valence-electron chi connectivity index (χ1n) is 4.44. The highest BCUT2D eigenvalue weighted by Crippen LogP contribution is 2.16. The number of rotatable bonds is 2. The molecule has 5 heteroatoms. The Bertz CT molecular complexity index is 490. The maximum Gasteiger partial charge on any atom is 0.161 e. The normalized spacial score (nSPS) is 10.2. The molecule has 15 heavy (non-hydrogen) atoms. The van der Waals surface area contributed by atoms with Crippen LogP contribution in [0.25, 0.3) is 5.69 Å². The van der Waals surface area contributed by atoms with Gasteiger partial charge in [-0.15, -0.1) is 0 Å². The van der Waals surface area contributed by atoms with Crippen LogP contribution in [0.1, 0.15) is 17.3 Å². The minimum atomic E-state index is -0.0607. The molecule has 1 heterocycles. The van der Waals surface area contributed by atoms with Crippen LogP contribution in [0, 0.1) is 0 Å². The average Bonchev–Trinajstić information content (AvgIpc) is 2.71. The van der Waals surface area contributed by atoms with Gasteiger partial charge in [0.05, 0.1) is 5.69 Å². The van der Waals surface area contributed by atoms with Gasteiger partial charge in [0, 0.05) is 11.3 Å². The van der Waals surface area contributed by atoms with E-state index in [4.69, 9.17) is 5.73 Å². The van der Waals surface area contributed by atoms with Crippen molar-refractivity contribution >= 4 is 11.5 Å². The maximum atomic E-state index is 11.3. The summed E-state index contributed by atoms with van der Waals surface area (Å²) in [5.74, 6) is -0.0607. The number of nitrogens with zero attached hydrogens (tertiary/aromatic N) is 3. The van der Waals surface area contributed by atoms with E-state index in [1.165, 1.54) is 13.3 Å². The van der Waals surface area contributed by atoms with Crippen molar-refractivity contribution in [2.75, 3.05) is 5.73 Å². The average molecular weight is 202 g/mol. The first-order chi connectivity index (χ1) is 7.18. The second-order valence-electron chi connectivity index (χ2n) is 3.17. The molecule has 0 bridgehead atoms. The van der Waals surface area contributed by atoms with Gasteiger partial charge in [0.15, 0.2) is 5.78 Å². The minimum absolute atomic E-state index is 0.0607. The number of aromatic nitrogens is 3. The molecular weight excluding hydrogens is 192 g/mol. The first-order valence-corrected chi connectivity index (χ1v) is 4.44. The van der Waals surface area contributed by atoms with Crippen LogP contribution in [0.3, 0.4) is 0 Å². The predicted molar refractivity (Wildman–Crippen MR) is 55.8 cm³/mol. The Labute approximate surface area is 86.5 Å². The molecule has 76 valence electrons. The van der Waals surface area contributed by atoms with Gasteiger partial charge < -0.3 is 5.73 Å². The van der Waals surface area contributed by atoms with Crippen LogP contribution < -0.4 is 5.73 Å². The lowest BCUT2D eigenvalue weighted by atomic mass is 10.1. The van der Waals surface area contributed by atoms with E-state index >= 15 is 0 Å². The van der Waals surface area contributed by atoms with Crippen molar-refractivity contribution in [1.29, 1.82) is 0 Å². The number of nitrogens with two attached hydrogens (primary N) is 1. The van der Waals surface area contributed by atoms with E-state index in [-0.39, 0.29) is 5.78 Å². The number of anilines is 1. The highest BCUT2D eigenvalue weighted by molar-refractivity contribution is 5.99. The number of carbonyl (C=O) groups excluding carboxylic acids is 1. The molecule has 0 amide bonds. The van der Waals surface area contributed by atoms with E-state index in [0.29, 0.717) is 11.3 Å². The van der Waals surface area contributed by atoms with E-state index in [1.807, 2.05) is 0 Å². The summed E-state index contributed by atoms with van der Waals surface area (Å²) in [5.41, 5.74) is 7.43. The van der Waals surface area contributed by atoms with Crippen LogP contribution in [0.2, 0.25) is 0 Å². The van der Waals surface area contributed by atoms with Crippen molar-refractivity contribution in [3.05, 3.63) is 36.4 Å². The third-order valence-electron chi connectivity index (χ3n) is 2.10. The Morgan fingerprint density at radius 1 is 1.47 bits per heavy atom. The summed E-state index contributed by atoms with van der Waals surface area (Å²) in [4.78, 5) is 15.1. The summed E-state index contributed by atoms with van der Waals surface area (Å²) < 4.78 is 1.58. The van der Waals surface area contributed by atoms with E-state index in [1.54, 1.807) is 29.2 Å². The van der Waals surface area contributed by atoms with Gasteiger partial charge in [0.1, 0.15) is 12.7 Å². The van der Waals surface area contributed by atoms with Crippen molar-refractivity contribution < 1.29 is 4.79 Å². The number of nitrogen functional groups attached to an aromatic ring is 1. The van der Waals surface area contributed by atoms with E-state index in [0.717, 1.165) is 5.69 Å². The number of carbonyl (C=O) groups is 1. The summed E-state index contributed by atoms with van der Waals surface area (Å²) in [6.07, 6.45) is 3.00. The zero-order valence-electron chi connectivity index (χ0n) is 8.21. The molecule has 0 radical (unpaired) electrons. The predicted octanol–water partition coefficient (Wildman–Crippen LogP) is 1.05. The Kier molecular flexibility index (Phi) is 2.21. The van der Waals surface area contributed by atoms with Gasteiger partial charge in [0.2, 0.25) is 0 Å². The van der Waals surface area contributed by atoms with Crippen molar-refractivity contribution in [3.63, 3.8) is 0 Å². The molecular formula is C10H10N4O. The van der Waals surface area contributed by atoms with E-state index in [2.05, 4.69) is 10.1 Å². The van der Waals surface area contributed by atoms with Gasteiger partial charge in [0.25, 0.3) is 0 Å². The lowest BCUT2D eigenvalue weighted by Gasteiger charge is -2.05. The van der Waals surface area contributed by atoms with Gasteiger partial charge in [-0.25, -0.2) is 9.67 Å². The maximum absolute atomic E-state index is 11.3. The van der Waals surface area contributed by atoms with Crippen molar-refractivity contribution in [2.24, 2.45) is 0 Å². The quantitative estimate of drug-likeness (QED) is 0.583. The van der Waals surface area contributed by atoms with Crippen molar-refractivity contribution in [2.45, 2.75) is 6.92 Å². The van der Waals surface area contributed by atoms with Gasteiger partial charge in [-0.1, -0.05) is 0 Å². The van der Waals surface area contributed by atoms with Crippen LogP contribution in [0.4, 0.5) is 5.69 Å². The lowest BCUT2D eigenvalue weighted by molar-refractivity contribution is 0.101. The van der Waals surface area contributed by atoms with Crippen LogP contribution >= 0.6 is 0 Å². The molecule has 0 aliphatic heterocycles. The van der Waals surface area contributed by atoms with E-state index in [9.17, 15) is 4.79 Å². The zero-order valence-corrected chi connectivity index (χ0v) is 8.21. The Balaban J connectivity index is 2.52. The standard InChI is InChI=1S/C10H10N4O/c1-7(15)9-4-8(2-3-10(9)11)14-6-12-5-13-14/h2-6H,11H2,1H3. The van der Waals surface area contributed by atoms with Crippen LogP contribution in [-0.4, -0.2) is 20.5 Å². The van der Waals surface area contributed by atoms with Gasteiger partial charge in [-0.3, -0.25) is 4.79 Å². The molecule has 0 unspecified atom stereocenters. The highest BCUT2D eigenvalue weighted by atomic mass is 16.1. The largest absolute Gasteiger partial charge is 0.398 e. The fourth-order valence-corrected chi connectivity index (χ4v) is 1.33. The van der Waals surface area contributed by atoms with Gasteiger partial charge in [-0.2, -0.15) is 5.10 Å². The highest BCUT2D eigenvalue weighted by Gasteiger charge is 2.06. The van der Waals surface area contributed by atoms with Crippen LogP contribution in [0.5, 0.6) is 0 Å². The molecule has 1 aromatic heterocycles. The van der Waals surface area contributed by atoms with Gasteiger partial charge in [-0.05, 0) is 25.1 Å². The second kappa shape index (κ2) is 3.53. The summed E-state index contributed by atoms with van der Waals surface area (Å²) >= 11 is 0. The minimum Gasteiger partial charge on any atom is -0.398 e. The Hall–Kier alpha value is -2.17. The van der Waals surface area contributed by atoms with Crippen molar-refractivity contribution in [1.82, 2.24) is 14.8 Å². The molecule has 0 saturated heterocycles. The van der Waals surface area contributed by atoms with E-state index < -0.39 is 0 Å². The zero-order chi connectivity index (χ0) is 10.8. The number of hydrogen-bond donors (Lipinski definition) is 1. The van der Waals surface area contributed by atoms with Crippen molar-refractivity contribution in [3.8, 4) is 5.69 Å². The Morgan fingerprint density at radius 3 is 2.87 bits per heavy atom. The van der Waals surface area contributed by atoms with Gasteiger partial charge >= 0.3 is 0 Å². The molecule has 2 N–H and O–H groups in total. The number of benzene rings is 1. The topological polar surface area (TPSA) is 73.8 Å². The Morgan fingerprint density at radius 2 is 2.27 bits per heavy atom. The molecule has 0 aliphatic rings. The smallest absolute Gasteiger partial charge is 0.161 e. The fourth-order valence-electron chi connectivity index (χ4n) is 1.33. The molecule has 2 aromatic rings. The summed E-state index contributed by atoms with van der Waals surface area (Å²) in [7, 11) is 0. The summed E-state index contributed by atoms with van der Waals surface area (Å²) in [6.45, 7) is 1.48. The molecule has 5 nitrogen and oxygen atoms in total. The molecule has 0 spiro atoms. The van der Waals surface area contributed by atoms with Crippen LogP contribution in [0.15, 0.2) is 30.9 Å². The summed E-state index contributed by atoms with van der Waals surface area (Å²) in [6, 6.07) is 5.18. The van der Waals surface area contributed by atoms with Crippen LogP contribution in [-0.2, 0) is 0 Å². The SMILES string of the molecule is CC(=O)c1cc(-n2cncn2)ccc1N. The molecule has 0 atom stereocenters. The molecule has 0 fully saturated rings. The fraction of sp³-hybridized carbons (Fsp3) is 0.100. The summed E-state index contributed by atoms with van der Waals surface area (Å²) in [5, 5.41) is 3.97. The number of Topliss-reactive ketones (excluding diaryl/α,β-unsaturated/α-hetero) is 1. The third kappa shape index (κ3) is 1.71. The first kappa shape index (κ1) is 9.39. The number of ketones is 1. The molecule has 2 rings (SSSR count). The third-order valence-corrected chi connectivity index (χ3v) is 2.10. The second-order valence-corrected chi connectivity index (χ2v) is 3.17. The molecule has 1 aromatic carbocycles. The molecule has 0 aliphatic carbocycles. The monoisotopic (exact) mass is 202 g/mol. The number of hydrogen-bond acceptors (Lipinski definition) is 4. The molecule has 0 saturated carbocycles.